The number of hydrogen-bond acceptors (Lipinski definition) is 9. The molecule has 3 rings (SSSR count). The van der Waals surface area contributed by atoms with Crippen LogP contribution in [0.1, 0.15) is 19.7 Å². The lowest BCUT2D eigenvalue weighted by Gasteiger charge is -2.12. The molecule has 0 radical (unpaired) electrons. The third-order valence-corrected chi connectivity index (χ3v) is 4.39. The fraction of sp³-hybridized carbons (Fsp3) is 0.438. The normalized spacial score (nSPS) is 11.3. The highest BCUT2D eigenvalue weighted by Crippen LogP contribution is 2.27. The summed E-state index contributed by atoms with van der Waals surface area (Å²) in [4.78, 5) is 14.5. The van der Waals surface area contributed by atoms with Crippen molar-refractivity contribution in [3.8, 4) is 11.6 Å². The summed E-state index contributed by atoms with van der Waals surface area (Å²) in [5.74, 6) is 3.71. The smallest absolute Gasteiger partial charge is 0.229 e. The first kappa shape index (κ1) is 18.2. The summed E-state index contributed by atoms with van der Waals surface area (Å²) in [6.07, 6.45) is 1.63. The van der Waals surface area contributed by atoms with Gasteiger partial charge in [0.25, 0.3) is 0 Å². The Balaban J connectivity index is 1.84. The quantitative estimate of drug-likeness (QED) is 0.622. The van der Waals surface area contributed by atoms with E-state index in [1.807, 2.05) is 26.2 Å². The molecule has 0 atom stereocenters. The maximum absolute atomic E-state index is 5.79. The van der Waals surface area contributed by atoms with E-state index in [2.05, 4.69) is 43.6 Å². The van der Waals surface area contributed by atoms with Crippen molar-refractivity contribution >= 4 is 23.7 Å². The fourth-order valence-corrected chi connectivity index (χ4v) is 3.13. The van der Waals surface area contributed by atoms with Crippen molar-refractivity contribution in [2.45, 2.75) is 31.3 Å². The first-order valence-corrected chi connectivity index (χ1v) is 9.20. The second kappa shape index (κ2) is 7.73. The molecule has 0 spiro atoms. The number of furan rings is 1. The van der Waals surface area contributed by atoms with Gasteiger partial charge in [0, 0.05) is 20.6 Å². The number of aromatic nitrogens is 6. The third-order valence-electron chi connectivity index (χ3n) is 3.42. The van der Waals surface area contributed by atoms with Gasteiger partial charge in [0.05, 0.1) is 12.0 Å². The van der Waals surface area contributed by atoms with Crippen molar-refractivity contribution in [1.29, 1.82) is 0 Å². The summed E-state index contributed by atoms with van der Waals surface area (Å²) in [5, 5.41) is 9.41. The lowest BCUT2D eigenvalue weighted by Crippen LogP contribution is -2.16. The van der Waals surface area contributed by atoms with Crippen LogP contribution in [0, 0.1) is 5.92 Å². The predicted octanol–water partition coefficient (Wildman–Crippen LogP) is 2.32. The number of anilines is 2. The molecule has 138 valence electrons. The minimum atomic E-state index is 0.208. The summed E-state index contributed by atoms with van der Waals surface area (Å²) in [6.45, 7) is 5.08. The average Bonchev–Trinajstić information content (AvgIpc) is 3.21. The Labute approximate surface area is 156 Å². The first-order valence-electron chi connectivity index (χ1n) is 8.21. The fourth-order valence-electron chi connectivity index (χ4n) is 2.33. The highest BCUT2D eigenvalue weighted by atomic mass is 32.2. The Morgan fingerprint density at radius 1 is 1.23 bits per heavy atom. The minimum absolute atomic E-state index is 0.208. The third kappa shape index (κ3) is 4.13. The molecule has 26 heavy (non-hydrogen) atoms. The van der Waals surface area contributed by atoms with Gasteiger partial charge in [-0.15, -0.1) is 10.2 Å². The van der Waals surface area contributed by atoms with Crippen molar-refractivity contribution in [3.05, 3.63) is 24.2 Å². The van der Waals surface area contributed by atoms with Crippen LogP contribution < -0.4 is 10.6 Å². The van der Waals surface area contributed by atoms with Gasteiger partial charge in [-0.05, 0) is 18.1 Å². The highest BCUT2D eigenvalue weighted by Gasteiger charge is 2.18. The summed E-state index contributed by atoms with van der Waals surface area (Å²) in [7, 11) is 3.72. The number of nitrogens with zero attached hydrogens (tertiary/aromatic N) is 7. The molecule has 3 aromatic heterocycles. The van der Waals surface area contributed by atoms with Gasteiger partial charge in [-0.2, -0.15) is 15.0 Å². The molecule has 9 nitrogen and oxygen atoms in total. The molecule has 0 unspecified atom stereocenters. The van der Waals surface area contributed by atoms with Crippen LogP contribution in [0.15, 0.2) is 28.0 Å². The molecule has 0 aliphatic rings. The number of thioether (sulfide) groups is 1. The maximum Gasteiger partial charge on any atom is 0.229 e. The molecule has 0 aliphatic heterocycles. The van der Waals surface area contributed by atoms with Gasteiger partial charge in [0.1, 0.15) is 5.82 Å². The highest BCUT2D eigenvalue weighted by molar-refractivity contribution is 7.98. The molecule has 0 amide bonds. The summed E-state index contributed by atoms with van der Waals surface area (Å²) in [5.41, 5.74) is 5.79. The van der Waals surface area contributed by atoms with E-state index in [-0.39, 0.29) is 5.95 Å². The van der Waals surface area contributed by atoms with Gasteiger partial charge in [-0.3, -0.25) is 4.57 Å². The predicted molar refractivity (Wildman–Crippen MR) is 101 cm³/mol. The molecule has 0 bridgehead atoms. The van der Waals surface area contributed by atoms with E-state index in [9.17, 15) is 0 Å². The Kier molecular flexibility index (Phi) is 5.40. The number of rotatable bonds is 7. The van der Waals surface area contributed by atoms with Gasteiger partial charge in [0.2, 0.25) is 11.9 Å². The zero-order chi connectivity index (χ0) is 18.7. The molecule has 0 saturated heterocycles. The average molecular weight is 374 g/mol. The Morgan fingerprint density at radius 3 is 2.69 bits per heavy atom. The van der Waals surface area contributed by atoms with E-state index < -0.39 is 0 Å². The molecule has 3 heterocycles. The van der Waals surface area contributed by atoms with Crippen LogP contribution in [0.25, 0.3) is 11.6 Å². The zero-order valence-corrected chi connectivity index (χ0v) is 16.1. The molecule has 3 aromatic rings. The molecule has 2 N–H and O–H groups in total. The van der Waals surface area contributed by atoms with Crippen molar-refractivity contribution in [1.82, 2.24) is 29.7 Å². The second-order valence-electron chi connectivity index (χ2n) is 6.38. The summed E-state index contributed by atoms with van der Waals surface area (Å²) in [6, 6.07) is 3.72. The first-order chi connectivity index (χ1) is 12.4. The van der Waals surface area contributed by atoms with Crippen molar-refractivity contribution < 1.29 is 4.42 Å². The van der Waals surface area contributed by atoms with E-state index in [1.54, 1.807) is 11.2 Å². The SMILES string of the molecule is CC(C)Cn1c(SCc2nc(N)nc(N(C)C)n2)nnc1-c1ccco1. The van der Waals surface area contributed by atoms with Crippen LogP contribution in [-0.4, -0.2) is 43.8 Å². The van der Waals surface area contributed by atoms with Crippen LogP contribution in [0.3, 0.4) is 0 Å². The van der Waals surface area contributed by atoms with Crippen LogP contribution in [0.2, 0.25) is 0 Å². The van der Waals surface area contributed by atoms with E-state index in [0.29, 0.717) is 29.2 Å². The van der Waals surface area contributed by atoms with Crippen molar-refractivity contribution in [2.75, 3.05) is 24.7 Å². The van der Waals surface area contributed by atoms with E-state index >= 15 is 0 Å². The molecule has 10 heteroatoms. The van der Waals surface area contributed by atoms with Crippen molar-refractivity contribution in [2.24, 2.45) is 5.92 Å². The van der Waals surface area contributed by atoms with Crippen LogP contribution in [0.4, 0.5) is 11.9 Å². The lowest BCUT2D eigenvalue weighted by molar-refractivity contribution is 0.489. The minimum Gasteiger partial charge on any atom is -0.461 e. The molecule has 0 aliphatic carbocycles. The van der Waals surface area contributed by atoms with Crippen molar-refractivity contribution in [3.63, 3.8) is 0 Å². The van der Waals surface area contributed by atoms with Gasteiger partial charge >= 0.3 is 0 Å². The topological polar surface area (TPSA) is 112 Å². The summed E-state index contributed by atoms with van der Waals surface area (Å²) >= 11 is 1.51. The van der Waals surface area contributed by atoms with Crippen LogP contribution in [0.5, 0.6) is 0 Å². The lowest BCUT2D eigenvalue weighted by atomic mass is 10.2. The van der Waals surface area contributed by atoms with Crippen LogP contribution in [-0.2, 0) is 12.3 Å². The molecule has 0 saturated carbocycles. The second-order valence-corrected chi connectivity index (χ2v) is 7.32. The monoisotopic (exact) mass is 374 g/mol. The number of nitrogen functional groups attached to an aromatic ring is 1. The van der Waals surface area contributed by atoms with E-state index in [0.717, 1.165) is 17.5 Å². The molecule has 0 fully saturated rings. The Morgan fingerprint density at radius 2 is 2.04 bits per heavy atom. The molecular formula is C16H22N8OS. The van der Waals surface area contributed by atoms with Crippen LogP contribution >= 0.6 is 11.8 Å². The van der Waals surface area contributed by atoms with E-state index in [4.69, 9.17) is 10.2 Å². The number of nitrogens with two attached hydrogens (primary N) is 1. The molecule has 0 aromatic carbocycles. The number of hydrogen-bond donors (Lipinski definition) is 1. The van der Waals surface area contributed by atoms with Gasteiger partial charge < -0.3 is 15.1 Å². The zero-order valence-electron chi connectivity index (χ0n) is 15.2. The van der Waals surface area contributed by atoms with Gasteiger partial charge in [0.15, 0.2) is 16.7 Å². The van der Waals surface area contributed by atoms with Gasteiger partial charge in [-0.1, -0.05) is 25.6 Å². The summed E-state index contributed by atoms with van der Waals surface area (Å²) < 4.78 is 7.55. The maximum atomic E-state index is 5.79. The van der Waals surface area contributed by atoms with E-state index in [1.165, 1.54) is 11.8 Å². The Hall–Kier alpha value is -2.62. The standard InChI is InChI=1S/C16H22N8OS/c1-10(2)8-24-13(11-6-5-7-25-11)21-22-16(24)26-9-12-18-14(17)20-15(19-12)23(3)4/h5-7,10H,8-9H2,1-4H3,(H2,17,18,19,20). The molecular weight excluding hydrogens is 352 g/mol. The Bertz CT molecular complexity index is 859. The largest absolute Gasteiger partial charge is 0.461 e. The van der Waals surface area contributed by atoms with Gasteiger partial charge in [-0.25, -0.2) is 0 Å².